The molecule has 1 aliphatic rings. The van der Waals surface area contributed by atoms with Crippen LogP contribution in [0, 0.1) is 0 Å². The van der Waals surface area contributed by atoms with Crippen LogP contribution in [0.15, 0.2) is 48.9 Å². The molecule has 1 aliphatic carbocycles. The Hall–Kier alpha value is -2.20. The van der Waals surface area contributed by atoms with E-state index in [1.165, 1.54) is 29.3 Å². The first-order valence-corrected chi connectivity index (χ1v) is 7.46. The molecule has 1 saturated carbocycles. The maximum absolute atomic E-state index is 4.33. The van der Waals surface area contributed by atoms with Crippen LogP contribution in [0.5, 0.6) is 0 Å². The van der Waals surface area contributed by atoms with Crippen molar-refractivity contribution in [1.82, 2.24) is 19.9 Å². The van der Waals surface area contributed by atoms with Gasteiger partial charge in [0.2, 0.25) is 0 Å². The summed E-state index contributed by atoms with van der Waals surface area (Å²) in [6.07, 6.45) is 8.45. The molecule has 0 unspecified atom stereocenters. The van der Waals surface area contributed by atoms with E-state index in [1.54, 1.807) is 12.4 Å². The average molecular weight is 278 g/mol. The normalized spacial score (nSPS) is 14.7. The van der Waals surface area contributed by atoms with Crippen LogP contribution in [0.3, 0.4) is 0 Å². The molecule has 4 nitrogen and oxygen atoms in total. The van der Waals surface area contributed by atoms with Crippen LogP contribution in [0.25, 0.3) is 10.9 Å². The molecule has 106 valence electrons. The van der Waals surface area contributed by atoms with Gasteiger partial charge in [0.15, 0.2) is 0 Å². The minimum absolute atomic E-state index is 0.713. The number of fused-ring (bicyclic) bond motifs is 1. The maximum atomic E-state index is 4.33. The first-order chi connectivity index (χ1) is 10.4. The van der Waals surface area contributed by atoms with Crippen molar-refractivity contribution in [2.75, 3.05) is 0 Å². The lowest BCUT2D eigenvalue weighted by Crippen LogP contribution is -2.15. The number of nitrogens with one attached hydrogen (secondary N) is 1. The molecule has 0 atom stereocenters. The van der Waals surface area contributed by atoms with Gasteiger partial charge in [0.05, 0.1) is 6.54 Å². The van der Waals surface area contributed by atoms with Crippen molar-refractivity contribution in [3.05, 3.63) is 60.3 Å². The van der Waals surface area contributed by atoms with Crippen molar-refractivity contribution in [3.8, 4) is 0 Å². The second kappa shape index (κ2) is 5.30. The molecular weight excluding hydrogens is 260 g/mol. The smallest absolute Gasteiger partial charge is 0.147 e. The second-order valence-electron chi connectivity index (χ2n) is 5.62. The van der Waals surface area contributed by atoms with E-state index >= 15 is 0 Å². The van der Waals surface area contributed by atoms with Gasteiger partial charge < -0.3 is 9.88 Å². The summed E-state index contributed by atoms with van der Waals surface area (Å²) in [7, 11) is 0. The van der Waals surface area contributed by atoms with Gasteiger partial charge in [-0.25, -0.2) is 9.97 Å². The predicted molar refractivity (Wildman–Crippen MR) is 82.9 cm³/mol. The van der Waals surface area contributed by atoms with E-state index in [9.17, 15) is 0 Å². The fourth-order valence-corrected chi connectivity index (χ4v) is 2.70. The number of benzene rings is 1. The summed E-state index contributed by atoms with van der Waals surface area (Å²) in [5.41, 5.74) is 2.60. The highest BCUT2D eigenvalue weighted by atomic mass is 15.0. The molecule has 0 saturated heterocycles. The molecular formula is C17H18N4. The van der Waals surface area contributed by atoms with Gasteiger partial charge in [-0.2, -0.15) is 0 Å². The van der Waals surface area contributed by atoms with E-state index in [1.807, 2.05) is 6.07 Å². The molecule has 2 heterocycles. The molecule has 1 fully saturated rings. The summed E-state index contributed by atoms with van der Waals surface area (Å²) in [4.78, 5) is 8.65. The van der Waals surface area contributed by atoms with Crippen LogP contribution in [0.1, 0.15) is 24.2 Å². The zero-order chi connectivity index (χ0) is 14.1. The number of hydrogen-bond acceptors (Lipinski definition) is 3. The molecule has 0 amide bonds. The molecule has 21 heavy (non-hydrogen) atoms. The largest absolute Gasteiger partial charge is 0.339 e. The Morgan fingerprint density at radius 1 is 1.10 bits per heavy atom. The van der Waals surface area contributed by atoms with E-state index < -0.39 is 0 Å². The van der Waals surface area contributed by atoms with Gasteiger partial charge in [-0.3, -0.25) is 0 Å². The fraction of sp³-hybridized carbons (Fsp3) is 0.294. The fourth-order valence-electron chi connectivity index (χ4n) is 2.70. The first kappa shape index (κ1) is 12.5. The van der Waals surface area contributed by atoms with Gasteiger partial charge in [0, 0.05) is 42.1 Å². The maximum Gasteiger partial charge on any atom is 0.147 e. The van der Waals surface area contributed by atoms with Crippen molar-refractivity contribution in [3.63, 3.8) is 0 Å². The summed E-state index contributed by atoms with van der Waals surface area (Å²) < 4.78 is 2.24. The molecule has 0 spiro atoms. The molecule has 0 radical (unpaired) electrons. The third kappa shape index (κ3) is 2.67. The van der Waals surface area contributed by atoms with E-state index in [2.05, 4.69) is 50.3 Å². The lowest BCUT2D eigenvalue weighted by atomic mass is 10.2. The van der Waals surface area contributed by atoms with Crippen LogP contribution >= 0.6 is 0 Å². The molecule has 4 rings (SSSR count). The number of aromatic nitrogens is 3. The van der Waals surface area contributed by atoms with Crippen molar-refractivity contribution in [2.45, 2.75) is 32.0 Å². The summed E-state index contributed by atoms with van der Waals surface area (Å²) in [5.74, 6) is 0.847. The van der Waals surface area contributed by atoms with Crippen molar-refractivity contribution >= 4 is 10.9 Å². The molecule has 0 aliphatic heterocycles. The molecule has 4 heteroatoms. The lowest BCUT2D eigenvalue weighted by molar-refractivity contribution is 0.685. The summed E-state index contributed by atoms with van der Waals surface area (Å²) in [6, 6.07) is 11.1. The number of nitrogens with zero attached hydrogens (tertiary/aromatic N) is 3. The summed E-state index contributed by atoms with van der Waals surface area (Å²) >= 11 is 0. The van der Waals surface area contributed by atoms with Crippen LogP contribution in [-0.2, 0) is 13.1 Å². The number of para-hydroxylation sites is 1. The van der Waals surface area contributed by atoms with Gasteiger partial charge in [-0.15, -0.1) is 0 Å². The Balaban J connectivity index is 1.67. The highest BCUT2D eigenvalue weighted by Crippen LogP contribution is 2.24. The lowest BCUT2D eigenvalue weighted by Gasteiger charge is -2.03. The Kier molecular flexibility index (Phi) is 3.16. The quantitative estimate of drug-likeness (QED) is 0.780. The molecule has 1 N–H and O–H groups in total. The Morgan fingerprint density at radius 3 is 2.71 bits per heavy atom. The summed E-state index contributed by atoms with van der Waals surface area (Å²) in [5, 5.41) is 4.92. The van der Waals surface area contributed by atoms with Crippen LogP contribution in [0.2, 0.25) is 0 Å². The monoisotopic (exact) mass is 278 g/mol. The molecule has 3 aromatic rings. The minimum atomic E-state index is 0.713. The Labute approximate surface area is 123 Å². The minimum Gasteiger partial charge on any atom is -0.339 e. The van der Waals surface area contributed by atoms with Crippen LogP contribution in [0.4, 0.5) is 0 Å². The van der Waals surface area contributed by atoms with Crippen molar-refractivity contribution in [2.24, 2.45) is 0 Å². The SMILES string of the molecule is c1cnc(Cn2cc(CNC3CC3)c3ccccc32)nc1. The van der Waals surface area contributed by atoms with E-state index in [-0.39, 0.29) is 0 Å². The van der Waals surface area contributed by atoms with Gasteiger partial charge in [-0.1, -0.05) is 18.2 Å². The molecule has 2 aromatic heterocycles. The van der Waals surface area contributed by atoms with Crippen molar-refractivity contribution in [1.29, 1.82) is 0 Å². The second-order valence-corrected chi connectivity index (χ2v) is 5.62. The Bertz CT molecular complexity index is 744. The zero-order valence-corrected chi connectivity index (χ0v) is 11.9. The predicted octanol–water partition coefficient (Wildman–Crippen LogP) is 2.73. The molecule has 1 aromatic carbocycles. The van der Waals surface area contributed by atoms with Gasteiger partial charge >= 0.3 is 0 Å². The first-order valence-electron chi connectivity index (χ1n) is 7.46. The van der Waals surface area contributed by atoms with Crippen LogP contribution in [-0.4, -0.2) is 20.6 Å². The van der Waals surface area contributed by atoms with Crippen molar-refractivity contribution < 1.29 is 0 Å². The van der Waals surface area contributed by atoms with Crippen LogP contribution < -0.4 is 5.32 Å². The third-order valence-electron chi connectivity index (χ3n) is 3.96. The van der Waals surface area contributed by atoms with Gasteiger partial charge in [0.1, 0.15) is 5.82 Å². The van der Waals surface area contributed by atoms with E-state index in [0.717, 1.165) is 18.4 Å². The summed E-state index contributed by atoms with van der Waals surface area (Å²) in [6.45, 7) is 1.65. The number of hydrogen-bond donors (Lipinski definition) is 1. The average Bonchev–Trinajstić information content (AvgIpc) is 3.30. The zero-order valence-electron chi connectivity index (χ0n) is 11.9. The van der Waals surface area contributed by atoms with Gasteiger partial charge in [-0.05, 0) is 30.5 Å². The van der Waals surface area contributed by atoms with E-state index in [0.29, 0.717) is 6.54 Å². The topological polar surface area (TPSA) is 42.7 Å². The standard InChI is InChI=1S/C17H18N4/c1-2-5-16-15(4-1)13(10-20-14-6-7-14)11-21(16)12-17-18-8-3-9-19-17/h1-5,8-9,11,14,20H,6-7,10,12H2. The highest BCUT2D eigenvalue weighted by molar-refractivity contribution is 5.84. The van der Waals surface area contributed by atoms with Gasteiger partial charge in [0.25, 0.3) is 0 Å². The highest BCUT2D eigenvalue weighted by Gasteiger charge is 2.20. The van der Waals surface area contributed by atoms with E-state index in [4.69, 9.17) is 0 Å². The third-order valence-corrected chi connectivity index (χ3v) is 3.96. The molecule has 0 bridgehead atoms. The number of rotatable bonds is 5. The Morgan fingerprint density at radius 2 is 1.90 bits per heavy atom.